The number of rotatable bonds is 4. The van der Waals surface area contributed by atoms with Gasteiger partial charge in [0.2, 0.25) is 0 Å². The van der Waals surface area contributed by atoms with E-state index in [1.807, 2.05) is 30.3 Å². The Balaban J connectivity index is 1.89. The van der Waals surface area contributed by atoms with Gasteiger partial charge in [0.25, 0.3) is 0 Å². The predicted octanol–water partition coefficient (Wildman–Crippen LogP) is 3.31. The molecule has 2 amide bonds. The number of amides is 2. The van der Waals surface area contributed by atoms with Crippen molar-refractivity contribution in [3.8, 4) is 0 Å². The maximum absolute atomic E-state index is 13.0. The molecule has 1 N–H and O–H groups in total. The van der Waals surface area contributed by atoms with Crippen LogP contribution in [0, 0.1) is 11.6 Å². The molecule has 0 radical (unpaired) electrons. The Morgan fingerprint density at radius 2 is 1.67 bits per heavy atom. The number of carbonyl (C=O) groups is 1. The molecule has 0 bridgehead atoms. The zero-order chi connectivity index (χ0) is 15.2. The largest absolute Gasteiger partial charge is 0.334 e. The Labute approximate surface area is 122 Å². The number of hydrogen-bond acceptors (Lipinski definition) is 1. The quantitative estimate of drug-likeness (QED) is 0.920. The van der Waals surface area contributed by atoms with Gasteiger partial charge in [0.1, 0.15) is 11.6 Å². The SMILES string of the molecule is CN(Cc1ccccc1)C(=O)NCc1cc(F)cc(F)c1. The van der Waals surface area contributed by atoms with Crippen LogP contribution in [-0.4, -0.2) is 18.0 Å². The highest BCUT2D eigenvalue weighted by Crippen LogP contribution is 2.08. The van der Waals surface area contributed by atoms with Crippen molar-refractivity contribution in [3.63, 3.8) is 0 Å². The van der Waals surface area contributed by atoms with Crippen LogP contribution in [0.3, 0.4) is 0 Å². The van der Waals surface area contributed by atoms with Gasteiger partial charge in [0.15, 0.2) is 0 Å². The van der Waals surface area contributed by atoms with Gasteiger partial charge in [-0.1, -0.05) is 30.3 Å². The first-order chi connectivity index (χ1) is 10.0. The summed E-state index contributed by atoms with van der Waals surface area (Å²) < 4.78 is 26.1. The van der Waals surface area contributed by atoms with E-state index >= 15 is 0 Å². The predicted molar refractivity (Wildman–Crippen MR) is 76.5 cm³/mol. The maximum Gasteiger partial charge on any atom is 0.317 e. The standard InChI is InChI=1S/C16H16F2N2O/c1-20(11-12-5-3-2-4-6-12)16(21)19-10-13-7-14(17)9-15(18)8-13/h2-9H,10-11H2,1H3,(H,19,21). The first-order valence-corrected chi connectivity index (χ1v) is 6.52. The summed E-state index contributed by atoms with van der Waals surface area (Å²) in [5.74, 6) is -1.31. The first-order valence-electron chi connectivity index (χ1n) is 6.52. The van der Waals surface area contributed by atoms with E-state index in [4.69, 9.17) is 0 Å². The minimum absolute atomic E-state index is 0.0760. The second-order valence-electron chi connectivity index (χ2n) is 4.78. The van der Waals surface area contributed by atoms with Crippen LogP contribution in [0.2, 0.25) is 0 Å². The summed E-state index contributed by atoms with van der Waals surface area (Å²) in [4.78, 5) is 13.4. The summed E-state index contributed by atoms with van der Waals surface area (Å²) in [6, 6.07) is 12.4. The number of urea groups is 1. The van der Waals surface area contributed by atoms with Crippen LogP contribution < -0.4 is 5.32 Å². The van der Waals surface area contributed by atoms with Gasteiger partial charge in [-0.05, 0) is 23.3 Å². The summed E-state index contributed by atoms with van der Waals surface area (Å²) in [6.07, 6.45) is 0. The molecule has 0 aliphatic rings. The normalized spacial score (nSPS) is 10.2. The van der Waals surface area contributed by atoms with E-state index in [0.29, 0.717) is 12.1 Å². The van der Waals surface area contributed by atoms with Crippen LogP contribution in [0.25, 0.3) is 0 Å². The number of hydrogen-bond donors (Lipinski definition) is 1. The molecule has 0 atom stereocenters. The molecule has 0 saturated carbocycles. The van der Waals surface area contributed by atoms with Gasteiger partial charge >= 0.3 is 6.03 Å². The maximum atomic E-state index is 13.0. The Kier molecular flexibility index (Phi) is 4.87. The molecule has 0 spiro atoms. The highest BCUT2D eigenvalue weighted by Gasteiger charge is 2.09. The number of nitrogens with zero attached hydrogens (tertiary/aromatic N) is 1. The Morgan fingerprint density at radius 3 is 2.29 bits per heavy atom. The van der Waals surface area contributed by atoms with Crippen LogP contribution >= 0.6 is 0 Å². The van der Waals surface area contributed by atoms with Gasteiger partial charge in [-0.15, -0.1) is 0 Å². The zero-order valence-corrected chi connectivity index (χ0v) is 11.6. The van der Waals surface area contributed by atoms with Crippen molar-refractivity contribution in [2.45, 2.75) is 13.1 Å². The molecule has 2 rings (SSSR count). The van der Waals surface area contributed by atoms with Gasteiger partial charge < -0.3 is 10.2 Å². The van der Waals surface area contributed by atoms with Crippen LogP contribution in [0.15, 0.2) is 48.5 Å². The van der Waals surface area contributed by atoms with E-state index in [1.54, 1.807) is 7.05 Å². The van der Waals surface area contributed by atoms with Crippen LogP contribution in [0.1, 0.15) is 11.1 Å². The molecule has 0 aromatic heterocycles. The van der Waals surface area contributed by atoms with Gasteiger partial charge in [-0.3, -0.25) is 0 Å². The molecular formula is C16H16F2N2O. The van der Waals surface area contributed by atoms with Crippen LogP contribution in [0.5, 0.6) is 0 Å². The van der Waals surface area contributed by atoms with Gasteiger partial charge in [-0.2, -0.15) is 0 Å². The molecule has 0 unspecified atom stereocenters. The van der Waals surface area contributed by atoms with E-state index in [9.17, 15) is 13.6 Å². The number of nitrogens with one attached hydrogen (secondary N) is 1. The summed E-state index contributed by atoms with van der Waals surface area (Å²) in [6.45, 7) is 0.539. The van der Waals surface area contributed by atoms with Crippen molar-refractivity contribution in [3.05, 3.63) is 71.3 Å². The van der Waals surface area contributed by atoms with E-state index < -0.39 is 11.6 Å². The summed E-state index contributed by atoms with van der Waals surface area (Å²) >= 11 is 0. The molecular weight excluding hydrogens is 274 g/mol. The minimum Gasteiger partial charge on any atom is -0.334 e. The fraction of sp³-hybridized carbons (Fsp3) is 0.188. The van der Waals surface area contributed by atoms with E-state index in [0.717, 1.165) is 11.6 Å². The van der Waals surface area contributed by atoms with Crippen LogP contribution in [-0.2, 0) is 13.1 Å². The van der Waals surface area contributed by atoms with Crippen molar-refractivity contribution in [1.82, 2.24) is 10.2 Å². The Morgan fingerprint density at radius 1 is 1.05 bits per heavy atom. The molecule has 0 aliphatic carbocycles. The van der Waals surface area contributed by atoms with Crippen molar-refractivity contribution in [2.24, 2.45) is 0 Å². The topological polar surface area (TPSA) is 32.3 Å². The molecule has 5 heteroatoms. The van der Waals surface area contributed by atoms with E-state index in [2.05, 4.69) is 5.32 Å². The van der Waals surface area contributed by atoms with Gasteiger partial charge in [0.05, 0.1) is 0 Å². The molecule has 21 heavy (non-hydrogen) atoms. The molecule has 3 nitrogen and oxygen atoms in total. The van der Waals surface area contributed by atoms with Crippen LogP contribution in [0.4, 0.5) is 13.6 Å². The zero-order valence-electron chi connectivity index (χ0n) is 11.6. The molecule has 110 valence electrons. The molecule has 0 aliphatic heterocycles. The molecule has 2 aromatic rings. The lowest BCUT2D eigenvalue weighted by Gasteiger charge is -2.18. The first kappa shape index (κ1) is 15.0. The van der Waals surface area contributed by atoms with Crippen molar-refractivity contribution in [1.29, 1.82) is 0 Å². The number of carbonyl (C=O) groups excluding carboxylic acids is 1. The van der Waals surface area contributed by atoms with Crippen molar-refractivity contribution >= 4 is 6.03 Å². The van der Waals surface area contributed by atoms with E-state index in [1.165, 1.54) is 17.0 Å². The Hall–Kier alpha value is -2.43. The van der Waals surface area contributed by atoms with Crippen molar-refractivity contribution in [2.75, 3.05) is 7.05 Å². The minimum atomic E-state index is -0.656. The fourth-order valence-electron chi connectivity index (χ4n) is 1.95. The van der Waals surface area contributed by atoms with Crippen molar-refractivity contribution < 1.29 is 13.6 Å². The monoisotopic (exact) mass is 290 g/mol. The van der Waals surface area contributed by atoms with Gasteiger partial charge in [0, 0.05) is 26.2 Å². The number of benzene rings is 2. The second kappa shape index (κ2) is 6.83. The molecule has 0 fully saturated rings. The van der Waals surface area contributed by atoms with Gasteiger partial charge in [-0.25, -0.2) is 13.6 Å². The Bertz CT molecular complexity index is 597. The molecule has 2 aromatic carbocycles. The number of halogens is 2. The third kappa shape index (κ3) is 4.56. The third-order valence-corrected chi connectivity index (χ3v) is 2.98. The smallest absolute Gasteiger partial charge is 0.317 e. The lowest BCUT2D eigenvalue weighted by Crippen LogP contribution is -2.36. The second-order valence-corrected chi connectivity index (χ2v) is 4.78. The molecule has 0 heterocycles. The highest BCUT2D eigenvalue weighted by molar-refractivity contribution is 5.73. The summed E-state index contributed by atoms with van der Waals surface area (Å²) in [5.41, 5.74) is 1.39. The lowest BCUT2D eigenvalue weighted by molar-refractivity contribution is 0.206. The fourth-order valence-corrected chi connectivity index (χ4v) is 1.95. The lowest BCUT2D eigenvalue weighted by atomic mass is 10.2. The average Bonchev–Trinajstić information content (AvgIpc) is 2.44. The average molecular weight is 290 g/mol. The van der Waals surface area contributed by atoms with E-state index in [-0.39, 0.29) is 12.6 Å². The summed E-state index contributed by atoms with van der Waals surface area (Å²) in [5, 5.41) is 2.63. The molecule has 0 saturated heterocycles. The highest BCUT2D eigenvalue weighted by atomic mass is 19.1. The third-order valence-electron chi connectivity index (χ3n) is 2.98. The summed E-state index contributed by atoms with van der Waals surface area (Å²) in [7, 11) is 1.66.